The predicted molar refractivity (Wildman–Crippen MR) is 164 cm³/mol. The van der Waals surface area contributed by atoms with E-state index in [0.717, 1.165) is 5.52 Å². The normalized spacial score (nSPS) is 19.1. The zero-order chi connectivity index (χ0) is 31.5. The Morgan fingerprint density at radius 2 is 1.26 bits per heavy atom. The zero-order valence-electron chi connectivity index (χ0n) is 24.2. The van der Waals surface area contributed by atoms with Crippen molar-refractivity contribution in [2.24, 2.45) is 0 Å². The van der Waals surface area contributed by atoms with Crippen molar-refractivity contribution < 1.29 is 33.3 Å². The van der Waals surface area contributed by atoms with Crippen LogP contribution in [0.25, 0.3) is 16.7 Å². The molecule has 1 fully saturated rings. The Hall–Kier alpha value is -5.94. The second kappa shape index (κ2) is 12.6. The van der Waals surface area contributed by atoms with Gasteiger partial charge in [-0.05, 0) is 48.5 Å². The van der Waals surface area contributed by atoms with Crippen LogP contribution in [0, 0.1) is 0 Å². The Balaban J connectivity index is 1.30. The predicted octanol–water partition coefficient (Wildman–Crippen LogP) is 5.03. The van der Waals surface area contributed by atoms with Gasteiger partial charge in [0.15, 0.2) is 17.9 Å². The summed E-state index contributed by atoms with van der Waals surface area (Å²) in [5, 5.41) is 0. The number of aromatic nitrogens is 4. The van der Waals surface area contributed by atoms with Crippen LogP contribution in [0.15, 0.2) is 122 Å². The van der Waals surface area contributed by atoms with E-state index in [1.54, 1.807) is 97.2 Å². The Kier molecular flexibility index (Phi) is 7.88. The third kappa shape index (κ3) is 5.66. The van der Waals surface area contributed by atoms with Crippen molar-refractivity contribution in [1.82, 2.24) is 19.4 Å². The summed E-state index contributed by atoms with van der Waals surface area (Å²) in [6, 6.07) is 29.1. The number of hydrogen-bond donors (Lipinski definition) is 0. The fourth-order valence-corrected chi connectivity index (χ4v) is 5.45. The van der Waals surface area contributed by atoms with E-state index >= 15 is 0 Å². The van der Waals surface area contributed by atoms with E-state index in [1.807, 2.05) is 22.7 Å². The van der Waals surface area contributed by atoms with E-state index in [9.17, 15) is 14.4 Å². The van der Waals surface area contributed by atoms with E-state index in [2.05, 4.69) is 15.0 Å². The molecule has 4 heterocycles. The van der Waals surface area contributed by atoms with Crippen LogP contribution in [0.5, 0.6) is 0 Å². The van der Waals surface area contributed by atoms with Gasteiger partial charge in [-0.1, -0.05) is 54.6 Å². The summed E-state index contributed by atoms with van der Waals surface area (Å²) in [5.74, 6) is -1.93. The Morgan fingerprint density at radius 3 is 1.89 bits per heavy atom. The van der Waals surface area contributed by atoms with Gasteiger partial charge in [-0.15, -0.1) is 0 Å². The monoisotopic (exact) mass is 614 g/mol. The molecule has 3 aromatic carbocycles. The van der Waals surface area contributed by atoms with Gasteiger partial charge in [0.2, 0.25) is 0 Å². The standard InChI is InChI=1S/C35H26N4O7/c40-33(22-11-4-1-5-12-22)43-20-26-29(45-34(41)23-13-6-2-7-14-23)31(46-35(42)24-15-8-3-9-16-24)30(44-26)27-28-32(38-21-37-27)36-19-25-17-10-18-39(25)28/h1-19,21,26,29-31H,20H2/t26-,29-,30+,31-/m1/s1. The van der Waals surface area contributed by atoms with Crippen LogP contribution in [-0.2, 0) is 18.9 Å². The van der Waals surface area contributed by atoms with E-state index in [4.69, 9.17) is 18.9 Å². The van der Waals surface area contributed by atoms with E-state index in [-0.39, 0.29) is 17.7 Å². The van der Waals surface area contributed by atoms with Gasteiger partial charge in [0.05, 0.1) is 28.4 Å². The minimum absolute atomic E-state index is 0.282. The van der Waals surface area contributed by atoms with Crippen molar-refractivity contribution in [3.8, 4) is 0 Å². The number of carbonyl (C=O) groups excluding carboxylic acids is 3. The fraction of sp³-hybridized carbons (Fsp3) is 0.143. The molecule has 11 nitrogen and oxygen atoms in total. The molecule has 3 aromatic heterocycles. The zero-order valence-corrected chi connectivity index (χ0v) is 24.2. The summed E-state index contributed by atoms with van der Waals surface area (Å²) in [6.07, 6.45) is 0.339. The van der Waals surface area contributed by atoms with Crippen LogP contribution in [0.3, 0.4) is 0 Å². The number of rotatable bonds is 8. The first-order valence-electron chi connectivity index (χ1n) is 14.5. The van der Waals surface area contributed by atoms with Crippen LogP contribution >= 0.6 is 0 Å². The van der Waals surface area contributed by atoms with Crippen molar-refractivity contribution >= 4 is 34.6 Å². The van der Waals surface area contributed by atoms with Gasteiger partial charge in [0.1, 0.15) is 36.4 Å². The maximum Gasteiger partial charge on any atom is 0.338 e. The lowest BCUT2D eigenvalue weighted by Crippen LogP contribution is -2.41. The molecular weight excluding hydrogens is 588 g/mol. The second-order valence-electron chi connectivity index (χ2n) is 10.5. The van der Waals surface area contributed by atoms with Gasteiger partial charge in [-0.3, -0.25) is 0 Å². The first kappa shape index (κ1) is 28.8. The van der Waals surface area contributed by atoms with Crippen molar-refractivity contribution in [3.05, 3.63) is 144 Å². The minimum atomic E-state index is -1.20. The van der Waals surface area contributed by atoms with Crippen molar-refractivity contribution in [2.45, 2.75) is 24.4 Å². The molecule has 0 aliphatic carbocycles. The first-order valence-corrected chi connectivity index (χ1v) is 14.5. The van der Waals surface area contributed by atoms with Crippen molar-refractivity contribution in [3.63, 3.8) is 0 Å². The summed E-state index contributed by atoms with van der Waals surface area (Å²) >= 11 is 0. The summed E-state index contributed by atoms with van der Waals surface area (Å²) in [4.78, 5) is 53.3. The Bertz CT molecular complexity index is 2020. The number of benzene rings is 3. The van der Waals surface area contributed by atoms with Gasteiger partial charge in [-0.2, -0.15) is 0 Å². The highest BCUT2D eigenvalue weighted by atomic mass is 16.6. The molecule has 0 unspecified atom stereocenters. The number of esters is 3. The first-order chi connectivity index (χ1) is 22.6. The third-order valence-electron chi connectivity index (χ3n) is 7.64. The quantitative estimate of drug-likeness (QED) is 0.170. The van der Waals surface area contributed by atoms with Crippen LogP contribution in [0.2, 0.25) is 0 Å². The summed E-state index contributed by atoms with van der Waals surface area (Å²) in [5.41, 5.74) is 2.93. The van der Waals surface area contributed by atoms with E-state index < -0.39 is 42.3 Å². The maximum atomic E-state index is 13.5. The number of fused-ring (bicyclic) bond motifs is 3. The molecule has 0 N–H and O–H groups in total. The largest absolute Gasteiger partial charge is 0.459 e. The second-order valence-corrected chi connectivity index (χ2v) is 10.5. The van der Waals surface area contributed by atoms with E-state index in [1.165, 1.54) is 6.33 Å². The lowest BCUT2D eigenvalue weighted by atomic mass is 10.0. The lowest BCUT2D eigenvalue weighted by molar-refractivity contribution is -0.0451. The van der Waals surface area contributed by atoms with Gasteiger partial charge >= 0.3 is 17.9 Å². The molecule has 228 valence electrons. The van der Waals surface area contributed by atoms with Gasteiger partial charge in [0, 0.05) is 6.20 Å². The molecule has 46 heavy (non-hydrogen) atoms. The summed E-state index contributed by atoms with van der Waals surface area (Å²) in [6.45, 7) is -0.309. The molecule has 1 aliphatic rings. The molecule has 0 spiro atoms. The minimum Gasteiger partial charge on any atom is -0.459 e. The molecule has 0 bridgehead atoms. The molecule has 6 aromatic rings. The van der Waals surface area contributed by atoms with Crippen LogP contribution in [0.4, 0.5) is 0 Å². The molecule has 11 heteroatoms. The van der Waals surface area contributed by atoms with Gasteiger partial charge < -0.3 is 23.3 Å². The average Bonchev–Trinajstić information content (AvgIpc) is 3.73. The molecular formula is C35H26N4O7. The number of carbonyl (C=O) groups is 3. The van der Waals surface area contributed by atoms with Crippen LogP contribution in [0.1, 0.15) is 42.9 Å². The maximum absolute atomic E-state index is 13.5. The highest BCUT2D eigenvalue weighted by molar-refractivity contribution is 5.91. The van der Waals surface area contributed by atoms with Gasteiger partial charge in [0.25, 0.3) is 0 Å². The van der Waals surface area contributed by atoms with Crippen LogP contribution < -0.4 is 0 Å². The topological polar surface area (TPSA) is 131 Å². The highest BCUT2D eigenvalue weighted by Gasteiger charge is 2.52. The molecule has 4 atom stereocenters. The fourth-order valence-electron chi connectivity index (χ4n) is 5.45. The highest BCUT2D eigenvalue weighted by Crippen LogP contribution is 2.40. The smallest absolute Gasteiger partial charge is 0.338 e. The Labute approximate surface area is 262 Å². The summed E-state index contributed by atoms with van der Waals surface area (Å²) in [7, 11) is 0. The number of nitrogens with zero attached hydrogens (tertiary/aromatic N) is 4. The number of hydrogen-bond acceptors (Lipinski definition) is 10. The molecule has 0 saturated carbocycles. The lowest BCUT2D eigenvalue weighted by Gasteiger charge is -2.24. The molecule has 7 rings (SSSR count). The summed E-state index contributed by atoms with van der Waals surface area (Å²) < 4.78 is 26.1. The third-order valence-corrected chi connectivity index (χ3v) is 7.64. The Morgan fingerprint density at radius 1 is 0.674 bits per heavy atom. The number of ether oxygens (including phenoxy) is 4. The molecule has 1 aliphatic heterocycles. The van der Waals surface area contributed by atoms with Crippen molar-refractivity contribution in [1.29, 1.82) is 0 Å². The SMILES string of the molecule is O=C(OC[C@H]1O[C@@H](c2ncnc3ncc4cccn4c23)[C@H](OC(=O)c2ccccc2)[C@@H]1OC(=O)c1ccccc1)c1ccccc1. The van der Waals surface area contributed by atoms with Crippen LogP contribution in [-0.4, -0.2) is 62.2 Å². The molecule has 1 saturated heterocycles. The van der Waals surface area contributed by atoms with Gasteiger partial charge in [-0.25, -0.2) is 29.3 Å². The molecule has 0 radical (unpaired) electrons. The average molecular weight is 615 g/mol. The molecule has 0 amide bonds. The van der Waals surface area contributed by atoms with E-state index in [0.29, 0.717) is 22.4 Å². The van der Waals surface area contributed by atoms with Crippen molar-refractivity contribution in [2.75, 3.05) is 6.61 Å².